The molecule has 0 amide bonds. The molecule has 1 heterocycles. The fraction of sp³-hybridized carbons (Fsp3) is 0.636. The second kappa shape index (κ2) is 6.35. The molecule has 0 aromatic carbocycles. The third-order valence-electron chi connectivity index (χ3n) is 2.13. The molecule has 1 aromatic rings. The Morgan fingerprint density at radius 1 is 1.47 bits per heavy atom. The summed E-state index contributed by atoms with van der Waals surface area (Å²) in [6.07, 6.45) is 1.69. The molecule has 0 atom stereocenters. The zero-order valence-electron chi connectivity index (χ0n) is 9.77. The molecule has 0 saturated carbocycles. The summed E-state index contributed by atoms with van der Waals surface area (Å²) in [5.74, 6) is 1.62. The highest BCUT2D eigenvalue weighted by Crippen LogP contribution is 2.03. The summed E-state index contributed by atoms with van der Waals surface area (Å²) in [5.41, 5.74) is 0. The number of aromatic nitrogens is 2. The van der Waals surface area contributed by atoms with E-state index < -0.39 is 0 Å². The molecular formula is C11H20N4. The number of nitrogens with one attached hydrogen (secondary N) is 1. The van der Waals surface area contributed by atoms with E-state index in [1.165, 1.54) is 0 Å². The average molecular weight is 208 g/mol. The fourth-order valence-electron chi connectivity index (χ4n) is 1.25. The van der Waals surface area contributed by atoms with Crippen molar-refractivity contribution in [3.63, 3.8) is 0 Å². The zero-order chi connectivity index (χ0) is 11.1. The second-order valence-corrected chi connectivity index (χ2v) is 4.10. The van der Waals surface area contributed by atoms with E-state index in [1.54, 1.807) is 6.20 Å². The predicted octanol–water partition coefficient (Wildman–Crippen LogP) is 1.16. The molecule has 0 aliphatic carbocycles. The van der Waals surface area contributed by atoms with Crippen LogP contribution in [0.1, 0.15) is 13.8 Å². The Morgan fingerprint density at radius 3 is 2.87 bits per heavy atom. The van der Waals surface area contributed by atoms with Gasteiger partial charge in [0.05, 0.1) is 0 Å². The number of hydrogen-bond donors (Lipinski definition) is 1. The maximum Gasteiger partial charge on any atom is 0.151 e. The van der Waals surface area contributed by atoms with Crippen molar-refractivity contribution in [2.24, 2.45) is 5.92 Å². The van der Waals surface area contributed by atoms with Crippen molar-refractivity contribution in [3.05, 3.63) is 18.3 Å². The van der Waals surface area contributed by atoms with Crippen LogP contribution in [0.3, 0.4) is 0 Å². The standard InChI is InChI=1S/C11H20N4/c1-10(2)9-12-7-8-15(3)11-5-4-6-13-14-11/h4-6,10,12H,7-9H2,1-3H3. The largest absolute Gasteiger partial charge is 0.357 e. The summed E-state index contributed by atoms with van der Waals surface area (Å²) in [6, 6.07) is 3.87. The summed E-state index contributed by atoms with van der Waals surface area (Å²) in [5, 5.41) is 11.3. The lowest BCUT2D eigenvalue weighted by Crippen LogP contribution is -2.31. The van der Waals surface area contributed by atoms with Crippen molar-refractivity contribution in [1.82, 2.24) is 15.5 Å². The smallest absolute Gasteiger partial charge is 0.151 e. The summed E-state index contributed by atoms with van der Waals surface area (Å²) < 4.78 is 0. The van der Waals surface area contributed by atoms with E-state index in [0.29, 0.717) is 5.92 Å². The predicted molar refractivity (Wildman–Crippen MR) is 63.0 cm³/mol. The molecule has 0 fully saturated rings. The van der Waals surface area contributed by atoms with Gasteiger partial charge in [-0.25, -0.2) is 0 Å². The fourth-order valence-corrected chi connectivity index (χ4v) is 1.25. The van der Waals surface area contributed by atoms with Crippen LogP contribution in [-0.4, -0.2) is 36.9 Å². The molecule has 1 N–H and O–H groups in total. The van der Waals surface area contributed by atoms with Crippen molar-refractivity contribution in [2.75, 3.05) is 31.6 Å². The van der Waals surface area contributed by atoms with E-state index in [1.807, 2.05) is 19.2 Å². The van der Waals surface area contributed by atoms with Gasteiger partial charge in [-0.2, -0.15) is 5.10 Å². The Morgan fingerprint density at radius 2 is 2.27 bits per heavy atom. The molecule has 0 aliphatic rings. The first kappa shape index (κ1) is 11.9. The number of anilines is 1. The molecule has 1 rings (SSSR count). The molecule has 1 aromatic heterocycles. The Labute approximate surface area is 91.7 Å². The SMILES string of the molecule is CC(C)CNCCN(C)c1cccnn1. The van der Waals surface area contributed by atoms with Crippen LogP contribution >= 0.6 is 0 Å². The van der Waals surface area contributed by atoms with Gasteiger partial charge in [0, 0.05) is 26.3 Å². The topological polar surface area (TPSA) is 41.0 Å². The van der Waals surface area contributed by atoms with Crippen LogP contribution in [0.15, 0.2) is 18.3 Å². The highest BCUT2D eigenvalue weighted by molar-refractivity contribution is 5.34. The van der Waals surface area contributed by atoms with Crippen molar-refractivity contribution in [2.45, 2.75) is 13.8 Å². The molecule has 0 saturated heterocycles. The lowest BCUT2D eigenvalue weighted by Gasteiger charge is -2.17. The second-order valence-electron chi connectivity index (χ2n) is 4.10. The maximum atomic E-state index is 4.04. The van der Waals surface area contributed by atoms with E-state index in [-0.39, 0.29) is 0 Å². The Kier molecular flexibility index (Phi) is 5.04. The zero-order valence-corrected chi connectivity index (χ0v) is 9.77. The van der Waals surface area contributed by atoms with Crippen LogP contribution in [0.5, 0.6) is 0 Å². The highest BCUT2D eigenvalue weighted by atomic mass is 15.2. The number of rotatable bonds is 6. The third-order valence-corrected chi connectivity index (χ3v) is 2.13. The normalized spacial score (nSPS) is 10.7. The number of nitrogens with zero attached hydrogens (tertiary/aromatic N) is 3. The van der Waals surface area contributed by atoms with Crippen molar-refractivity contribution >= 4 is 5.82 Å². The van der Waals surface area contributed by atoms with Crippen LogP contribution in [-0.2, 0) is 0 Å². The molecule has 4 heteroatoms. The highest BCUT2D eigenvalue weighted by Gasteiger charge is 2.01. The van der Waals surface area contributed by atoms with Gasteiger partial charge in [0.1, 0.15) is 0 Å². The van der Waals surface area contributed by atoms with Gasteiger partial charge in [-0.3, -0.25) is 0 Å². The van der Waals surface area contributed by atoms with Crippen LogP contribution in [0.4, 0.5) is 5.82 Å². The molecule has 0 aliphatic heterocycles. The van der Waals surface area contributed by atoms with E-state index in [9.17, 15) is 0 Å². The van der Waals surface area contributed by atoms with Gasteiger partial charge in [-0.15, -0.1) is 5.10 Å². The maximum absolute atomic E-state index is 4.04. The van der Waals surface area contributed by atoms with E-state index >= 15 is 0 Å². The first-order valence-corrected chi connectivity index (χ1v) is 5.39. The minimum Gasteiger partial charge on any atom is -0.357 e. The Bertz CT molecular complexity index is 261. The van der Waals surface area contributed by atoms with Gasteiger partial charge in [-0.05, 0) is 24.6 Å². The number of hydrogen-bond acceptors (Lipinski definition) is 4. The van der Waals surface area contributed by atoms with Gasteiger partial charge in [0.25, 0.3) is 0 Å². The summed E-state index contributed by atoms with van der Waals surface area (Å²) in [4.78, 5) is 2.10. The van der Waals surface area contributed by atoms with Crippen molar-refractivity contribution in [3.8, 4) is 0 Å². The lowest BCUT2D eigenvalue weighted by atomic mass is 10.2. The Hall–Kier alpha value is -1.16. The van der Waals surface area contributed by atoms with Crippen molar-refractivity contribution < 1.29 is 0 Å². The monoisotopic (exact) mass is 208 g/mol. The van der Waals surface area contributed by atoms with E-state index in [0.717, 1.165) is 25.5 Å². The van der Waals surface area contributed by atoms with Crippen LogP contribution in [0, 0.1) is 5.92 Å². The summed E-state index contributed by atoms with van der Waals surface area (Å²) in [6.45, 7) is 7.41. The van der Waals surface area contributed by atoms with Gasteiger partial charge in [0.2, 0.25) is 0 Å². The lowest BCUT2D eigenvalue weighted by molar-refractivity contribution is 0.553. The van der Waals surface area contributed by atoms with Gasteiger partial charge in [0.15, 0.2) is 5.82 Å². The summed E-state index contributed by atoms with van der Waals surface area (Å²) in [7, 11) is 2.03. The van der Waals surface area contributed by atoms with E-state index in [4.69, 9.17) is 0 Å². The molecule has 84 valence electrons. The molecule has 0 radical (unpaired) electrons. The molecular weight excluding hydrogens is 188 g/mol. The number of likely N-dealkylation sites (N-methyl/N-ethyl adjacent to an activating group) is 1. The van der Waals surface area contributed by atoms with Crippen LogP contribution < -0.4 is 10.2 Å². The molecule has 4 nitrogen and oxygen atoms in total. The minimum atomic E-state index is 0.701. The third kappa shape index (κ3) is 4.74. The van der Waals surface area contributed by atoms with Crippen LogP contribution in [0.25, 0.3) is 0 Å². The van der Waals surface area contributed by atoms with Gasteiger partial charge < -0.3 is 10.2 Å². The van der Waals surface area contributed by atoms with E-state index in [2.05, 4.69) is 34.3 Å². The molecule has 15 heavy (non-hydrogen) atoms. The first-order valence-electron chi connectivity index (χ1n) is 5.39. The molecule has 0 spiro atoms. The van der Waals surface area contributed by atoms with Crippen molar-refractivity contribution in [1.29, 1.82) is 0 Å². The van der Waals surface area contributed by atoms with Gasteiger partial charge in [-0.1, -0.05) is 13.8 Å². The Balaban J connectivity index is 2.22. The van der Waals surface area contributed by atoms with Crippen LogP contribution in [0.2, 0.25) is 0 Å². The first-order chi connectivity index (χ1) is 7.20. The molecule has 0 bridgehead atoms. The molecule has 0 unspecified atom stereocenters. The average Bonchev–Trinajstić information content (AvgIpc) is 2.25. The quantitative estimate of drug-likeness (QED) is 0.712. The minimum absolute atomic E-state index is 0.701. The van der Waals surface area contributed by atoms with Gasteiger partial charge >= 0.3 is 0 Å². The summed E-state index contributed by atoms with van der Waals surface area (Å²) >= 11 is 0.